The molecule has 0 amide bonds. The Labute approximate surface area is 105 Å². The minimum absolute atomic E-state index is 0.297. The molecule has 17 heavy (non-hydrogen) atoms. The minimum atomic E-state index is -0.923. The van der Waals surface area contributed by atoms with Crippen molar-refractivity contribution in [1.82, 2.24) is 0 Å². The Balaban J connectivity index is 3.25. The molecule has 5 heteroatoms. The number of carboxylic acids is 1. The normalized spacial score (nSPS) is 12.2. The second-order valence-corrected chi connectivity index (χ2v) is 4.22. The maximum Gasteiger partial charge on any atom is 0.311 e. The first-order chi connectivity index (χ1) is 8.01. The SMILES string of the molecule is COc1cc(C)c(Cl)cc1C(CCN)C(=O)O. The molecule has 1 aromatic carbocycles. The molecule has 0 saturated heterocycles. The van der Waals surface area contributed by atoms with E-state index in [-0.39, 0.29) is 0 Å². The Bertz CT molecular complexity index is 420. The molecule has 0 aliphatic rings. The third-order valence-corrected chi connectivity index (χ3v) is 3.05. The van der Waals surface area contributed by atoms with Crippen LogP contribution in [0.2, 0.25) is 5.02 Å². The predicted octanol–water partition coefficient (Wildman–Crippen LogP) is 2.17. The molecule has 94 valence electrons. The number of methoxy groups -OCH3 is 1. The molecule has 0 fully saturated rings. The number of aliphatic carboxylic acids is 1. The number of carbonyl (C=O) groups is 1. The third kappa shape index (κ3) is 3.11. The Morgan fingerprint density at radius 3 is 2.71 bits per heavy atom. The molecule has 0 saturated carbocycles. The van der Waals surface area contributed by atoms with Crippen LogP contribution < -0.4 is 10.5 Å². The molecule has 1 unspecified atom stereocenters. The lowest BCUT2D eigenvalue weighted by Crippen LogP contribution is -2.17. The summed E-state index contributed by atoms with van der Waals surface area (Å²) in [6.07, 6.45) is 0.352. The van der Waals surface area contributed by atoms with Gasteiger partial charge in [-0.1, -0.05) is 11.6 Å². The third-order valence-electron chi connectivity index (χ3n) is 2.64. The van der Waals surface area contributed by atoms with E-state index in [2.05, 4.69) is 0 Å². The van der Waals surface area contributed by atoms with Gasteiger partial charge in [0.05, 0.1) is 13.0 Å². The fourth-order valence-corrected chi connectivity index (χ4v) is 1.87. The average molecular weight is 258 g/mol. The van der Waals surface area contributed by atoms with E-state index in [1.54, 1.807) is 12.1 Å². The zero-order chi connectivity index (χ0) is 13.0. The van der Waals surface area contributed by atoms with E-state index in [0.29, 0.717) is 29.3 Å². The zero-order valence-electron chi connectivity index (χ0n) is 9.87. The van der Waals surface area contributed by atoms with Crippen molar-refractivity contribution < 1.29 is 14.6 Å². The fraction of sp³-hybridized carbons (Fsp3) is 0.417. The molecule has 0 aromatic heterocycles. The Hall–Kier alpha value is -1.26. The second-order valence-electron chi connectivity index (χ2n) is 3.81. The molecule has 0 bridgehead atoms. The van der Waals surface area contributed by atoms with Gasteiger partial charge in [-0.2, -0.15) is 0 Å². The lowest BCUT2D eigenvalue weighted by molar-refractivity contribution is -0.138. The van der Waals surface area contributed by atoms with Crippen molar-refractivity contribution in [2.45, 2.75) is 19.3 Å². The lowest BCUT2D eigenvalue weighted by atomic mass is 9.94. The molecule has 0 radical (unpaired) electrons. The summed E-state index contributed by atoms with van der Waals surface area (Å²) < 4.78 is 5.20. The monoisotopic (exact) mass is 257 g/mol. The lowest BCUT2D eigenvalue weighted by Gasteiger charge is -2.16. The smallest absolute Gasteiger partial charge is 0.311 e. The van der Waals surface area contributed by atoms with Crippen molar-refractivity contribution in [1.29, 1.82) is 0 Å². The van der Waals surface area contributed by atoms with Gasteiger partial charge in [0, 0.05) is 10.6 Å². The second kappa shape index (κ2) is 5.89. The van der Waals surface area contributed by atoms with Gasteiger partial charge >= 0.3 is 5.97 Å². The van der Waals surface area contributed by atoms with Gasteiger partial charge in [-0.3, -0.25) is 4.79 Å². The highest BCUT2D eigenvalue weighted by atomic mass is 35.5. The van der Waals surface area contributed by atoms with Crippen LogP contribution >= 0.6 is 11.6 Å². The van der Waals surface area contributed by atoms with Gasteiger partial charge in [-0.25, -0.2) is 0 Å². The molecule has 0 heterocycles. The van der Waals surface area contributed by atoms with E-state index in [1.165, 1.54) is 7.11 Å². The van der Waals surface area contributed by atoms with Crippen molar-refractivity contribution in [2.75, 3.05) is 13.7 Å². The van der Waals surface area contributed by atoms with E-state index in [4.69, 9.17) is 22.1 Å². The van der Waals surface area contributed by atoms with Crippen molar-refractivity contribution in [2.24, 2.45) is 5.73 Å². The van der Waals surface area contributed by atoms with Crippen molar-refractivity contribution in [3.05, 3.63) is 28.3 Å². The summed E-state index contributed by atoms with van der Waals surface area (Å²) >= 11 is 6.01. The topological polar surface area (TPSA) is 72.5 Å². The van der Waals surface area contributed by atoms with E-state index in [0.717, 1.165) is 5.56 Å². The quantitative estimate of drug-likeness (QED) is 0.848. The predicted molar refractivity (Wildman–Crippen MR) is 66.8 cm³/mol. The molecular weight excluding hydrogens is 242 g/mol. The van der Waals surface area contributed by atoms with Crippen molar-refractivity contribution in [3.63, 3.8) is 0 Å². The summed E-state index contributed by atoms with van der Waals surface area (Å²) in [7, 11) is 1.51. The summed E-state index contributed by atoms with van der Waals surface area (Å²) in [5.74, 6) is -1.07. The highest BCUT2D eigenvalue weighted by molar-refractivity contribution is 6.31. The average Bonchev–Trinajstić information content (AvgIpc) is 2.29. The summed E-state index contributed by atoms with van der Waals surface area (Å²) in [5.41, 5.74) is 6.85. The summed E-state index contributed by atoms with van der Waals surface area (Å²) in [6, 6.07) is 3.38. The number of nitrogens with two attached hydrogens (primary N) is 1. The van der Waals surface area contributed by atoms with Gasteiger partial charge in [-0.05, 0) is 37.6 Å². The van der Waals surface area contributed by atoms with Crippen LogP contribution in [0.5, 0.6) is 5.75 Å². The summed E-state index contributed by atoms with van der Waals surface area (Å²) in [5, 5.41) is 9.72. The standard InChI is InChI=1S/C12H16ClNO3/c1-7-5-11(17-2)9(6-10(7)13)8(3-4-14)12(15)16/h5-6,8H,3-4,14H2,1-2H3,(H,15,16). The van der Waals surface area contributed by atoms with Crippen LogP contribution in [0.1, 0.15) is 23.5 Å². The van der Waals surface area contributed by atoms with Gasteiger partial charge in [0.2, 0.25) is 0 Å². The Kier molecular flexibility index (Phi) is 4.78. The van der Waals surface area contributed by atoms with Crippen LogP contribution in [0, 0.1) is 6.92 Å². The maximum atomic E-state index is 11.2. The Morgan fingerprint density at radius 1 is 1.59 bits per heavy atom. The van der Waals surface area contributed by atoms with Crippen molar-refractivity contribution in [3.8, 4) is 5.75 Å². The first kappa shape index (κ1) is 13.8. The van der Waals surface area contributed by atoms with E-state index < -0.39 is 11.9 Å². The van der Waals surface area contributed by atoms with Gasteiger partial charge in [0.15, 0.2) is 0 Å². The molecule has 0 aliphatic carbocycles. The molecule has 4 nitrogen and oxygen atoms in total. The molecule has 0 aliphatic heterocycles. The van der Waals surface area contributed by atoms with Gasteiger partial charge < -0.3 is 15.6 Å². The largest absolute Gasteiger partial charge is 0.496 e. The van der Waals surface area contributed by atoms with Crippen LogP contribution in [-0.2, 0) is 4.79 Å². The zero-order valence-corrected chi connectivity index (χ0v) is 10.6. The number of carboxylic acid groups (broad SMARTS) is 1. The van der Waals surface area contributed by atoms with Crippen LogP contribution in [-0.4, -0.2) is 24.7 Å². The number of aryl methyl sites for hydroxylation is 1. The van der Waals surface area contributed by atoms with Crippen LogP contribution in [0.4, 0.5) is 0 Å². The molecule has 0 spiro atoms. The Morgan fingerprint density at radius 2 is 2.24 bits per heavy atom. The fourth-order valence-electron chi connectivity index (χ4n) is 1.70. The van der Waals surface area contributed by atoms with Crippen LogP contribution in [0.25, 0.3) is 0 Å². The number of rotatable bonds is 5. The number of hydrogen-bond donors (Lipinski definition) is 2. The highest BCUT2D eigenvalue weighted by Crippen LogP contribution is 2.33. The maximum absolute atomic E-state index is 11.2. The summed E-state index contributed by atoms with van der Waals surface area (Å²) in [4.78, 5) is 11.2. The number of ether oxygens (including phenoxy) is 1. The molecular formula is C12H16ClNO3. The highest BCUT2D eigenvalue weighted by Gasteiger charge is 2.23. The molecule has 1 rings (SSSR count). The molecule has 1 aromatic rings. The minimum Gasteiger partial charge on any atom is -0.496 e. The number of hydrogen-bond acceptors (Lipinski definition) is 3. The van der Waals surface area contributed by atoms with Crippen molar-refractivity contribution >= 4 is 17.6 Å². The summed E-state index contributed by atoms with van der Waals surface area (Å²) in [6.45, 7) is 2.14. The van der Waals surface area contributed by atoms with Gasteiger partial charge in [0.1, 0.15) is 5.75 Å². The first-order valence-electron chi connectivity index (χ1n) is 5.28. The van der Waals surface area contributed by atoms with E-state index in [1.807, 2.05) is 6.92 Å². The van der Waals surface area contributed by atoms with E-state index >= 15 is 0 Å². The van der Waals surface area contributed by atoms with Gasteiger partial charge in [0.25, 0.3) is 0 Å². The van der Waals surface area contributed by atoms with Crippen LogP contribution in [0.15, 0.2) is 12.1 Å². The number of halogens is 1. The van der Waals surface area contributed by atoms with Gasteiger partial charge in [-0.15, -0.1) is 0 Å². The molecule has 1 atom stereocenters. The molecule has 3 N–H and O–H groups in total. The van der Waals surface area contributed by atoms with E-state index in [9.17, 15) is 9.90 Å². The van der Waals surface area contributed by atoms with Crippen LogP contribution in [0.3, 0.4) is 0 Å². The first-order valence-corrected chi connectivity index (χ1v) is 5.66. The number of benzene rings is 1.